The first-order chi connectivity index (χ1) is 17.1. The van der Waals surface area contributed by atoms with Crippen molar-refractivity contribution in [2.75, 3.05) is 13.1 Å². The number of amides is 2. The number of benzene rings is 1. The predicted octanol–water partition coefficient (Wildman–Crippen LogP) is 5.27. The summed E-state index contributed by atoms with van der Waals surface area (Å²) in [5, 5.41) is 4.79. The maximum Gasteiger partial charge on any atom is 0.410 e. The van der Waals surface area contributed by atoms with Gasteiger partial charge < -0.3 is 9.64 Å². The van der Waals surface area contributed by atoms with Gasteiger partial charge in [0.25, 0.3) is 0 Å². The molecule has 1 aromatic heterocycles. The number of nitrogens with zero attached hydrogens (tertiary/aromatic N) is 4. The zero-order chi connectivity index (χ0) is 26.1. The number of hydrogen-bond donors (Lipinski definition) is 0. The van der Waals surface area contributed by atoms with E-state index in [0.717, 1.165) is 16.8 Å². The fourth-order valence-electron chi connectivity index (χ4n) is 5.72. The van der Waals surface area contributed by atoms with E-state index in [2.05, 4.69) is 25.3 Å². The Morgan fingerprint density at radius 2 is 1.83 bits per heavy atom. The summed E-state index contributed by atoms with van der Waals surface area (Å²) in [5.74, 6) is 0.121. The van der Waals surface area contributed by atoms with Crippen molar-refractivity contribution in [2.24, 2.45) is 5.41 Å². The van der Waals surface area contributed by atoms with Crippen LogP contribution in [0.15, 0.2) is 61.8 Å². The molecule has 0 aliphatic carbocycles. The average molecular weight is 491 g/mol. The van der Waals surface area contributed by atoms with Crippen LogP contribution in [0.4, 0.5) is 4.79 Å². The van der Waals surface area contributed by atoms with Crippen LogP contribution >= 0.6 is 0 Å². The molecule has 7 nitrogen and oxygen atoms in total. The normalized spacial score (nSPS) is 21.3. The Bertz CT molecular complexity index is 1120. The van der Waals surface area contributed by atoms with Crippen LogP contribution in [0.3, 0.4) is 0 Å². The van der Waals surface area contributed by atoms with Crippen LogP contribution in [-0.4, -0.2) is 56.3 Å². The second kappa shape index (κ2) is 9.96. The van der Waals surface area contributed by atoms with Crippen molar-refractivity contribution in [3.05, 3.63) is 78.7 Å². The van der Waals surface area contributed by atoms with Crippen molar-refractivity contribution in [3.8, 4) is 0 Å². The van der Waals surface area contributed by atoms with Crippen LogP contribution in [0.5, 0.6) is 0 Å². The van der Waals surface area contributed by atoms with Gasteiger partial charge in [-0.15, -0.1) is 13.2 Å². The smallest absolute Gasteiger partial charge is 0.410 e. The molecule has 2 aromatic rings. The molecular formula is C29H38N4O3. The minimum absolute atomic E-state index is 0.121. The van der Waals surface area contributed by atoms with E-state index in [1.165, 1.54) is 0 Å². The lowest BCUT2D eigenvalue weighted by Gasteiger charge is -2.44. The quantitative estimate of drug-likeness (QED) is 0.496. The van der Waals surface area contributed by atoms with Crippen molar-refractivity contribution < 1.29 is 14.3 Å². The summed E-state index contributed by atoms with van der Waals surface area (Å²) < 4.78 is 7.74. The molecule has 2 fully saturated rings. The van der Waals surface area contributed by atoms with Crippen LogP contribution in [0.2, 0.25) is 0 Å². The first kappa shape index (κ1) is 25.7. The third-order valence-electron chi connectivity index (χ3n) is 7.19. The van der Waals surface area contributed by atoms with Crippen molar-refractivity contribution in [1.29, 1.82) is 0 Å². The molecule has 0 bridgehead atoms. The first-order valence-electron chi connectivity index (χ1n) is 12.7. The van der Waals surface area contributed by atoms with Gasteiger partial charge in [-0.25, -0.2) is 4.79 Å². The first-order valence-corrected chi connectivity index (χ1v) is 12.7. The zero-order valence-corrected chi connectivity index (χ0v) is 21.9. The largest absolute Gasteiger partial charge is 0.444 e. The highest BCUT2D eigenvalue weighted by Gasteiger charge is 2.56. The second-order valence-electron chi connectivity index (χ2n) is 11.0. The number of hydrogen-bond acceptors (Lipinski definition) is 4. The summed E-state index contributed by atoms with van der Waals surface area (Å²) in [6.45, 7) is 16.9. The lowest BCUT2D eigenvalue weighted by Crippen LogP contribution is -2.56. The molecule has 2 atom stereocenters. The highest BCUT2D eigenvalue weighted by atomic mass is 16.6. The Labute approximate surface area is 214 Å². The topological polar surface area (TPSA) is 67.7 Å². The molecule has 0 unspecified atom stereocenters. The summed E-state index contributed by atoms with van der Waals surface area (Å²) in [6.07, 6.45) is 7.09. The van der Waals surface area contributed by atoms with Gasteiger partial charge in [-0.1, -0.05) is 42.5 Å². The molecule has 0 spiro atoms. The van der Waals surface area contributed by atoms with Crippen LogP contribution in [0.25, 0.3) is 0 Å². The summed E-state index contributed by atoms with van der Waals surface area (Å²) in [7, 11) is 0. The van der Waals surface area contributed by atoms with Gasteiger partial charge in [0.1, 0.15) is 5.60 Å². The molecule has 0 saturated carbocycles. The highest BCUT2D eigenvalue weighted by Crippen LogP contribution is 2.49. The molecule has 2 aliphatic heterocycles. The number of aryl methyl sites for hydroxylation is 1. The number of carbonyl (C=O) groups is 2. The van der Waals surface area contributed by atoms with E-state index in [1.807, 2.05) is 73.8 Å². The Hall–Kier alpha value is -3.35. The van der Waals surface area contributed by atoms with Gasteiger partial charge in [-0.3, -0.25) is 14.4 Å². The molecule has 7 heteroatoms. The lowest BCUT2D eigenvalue weighted by atomic mass is 9.77. The van der Waals surface area contributed by atoms with Gasteiger partial charge in [0.05, 0.1) is 29.7 Å². The van der Waals surface area contributed by atoms with E-state index in [-0.39, 0.29) is 24.1 Å². The maximum atomic E-state index is 13.7. The van der Waals surface area contributed by atoms with Crippen LogP contribution < -0.4 is 0 Å². The molecule has 0 radical (unpaired) electrons. The lowest BCUT2D eigenvalue weighted by molar-refractivity contribution is -0.139. The number of fused-ring (bicyclic) bond motifs is 1. The molecule has 4 rings (SSSR count). The van der Waals surface area contributed by atoms with E-state index in [0.29, 0.717) is 38.9 Å². The van der Waals surface area contributed by atoms with E-state index in [4.69, 9.17) is 9.84 Å². The van der Waals surface area contributed by atoms with E-state index in [1.54, 1.807) is 4.90 Å². The molecule has 3 heterocycles. The summed E-state index contributed by atoms with van der Waals surface area (Å²) in [6, 6.07) is 9.64. The standard InChI is InChI=1S/C29H38N4O3/c1-7-14-29(15-8-2)18-24-25(23-20-31(30-21(23)3)19-22-12-10-9-11-13-22)33(17-16-32(24)26(29)34)27(35)36-28(4,5)6/h7-13,20,24-25H,1-2,14-19H2,3-6H3/t24-,25-/m0/s1. The third-order valence-corrected chi connectivity index (χ3v) is 7.19. The van der Waals surface area contributed by atoms with Gasteiger partial charge in [0, 0.05) is 24.8 Å². The number of rotatable bonds is 7. The summed E-state index contributed by atoms with van der Waals surface area (Å²) in [5.41, 5.74) is 1.75. The Balaban J connectivity index is 1.74. The van der Waals surface area contributed by atoms with Crippen LogP contribution in [0.1, 0.15) is 62.9 Å². The van der Waals surface area contributed by atoms with Gasteiger partial charge in [-0.2, -0.15) is 5.10 Å². The SMILES string of the molecule is C=CCC1(CC=C)C[C@H]2[C@H](c3cn(Cc4ccccc4)nc3C)N(C(=O)OC(C)(C)C)CCN2C1=O. The molecule has 2 aliphatic rings. The molecule has 2 amide bonds. The van der Waals surface area contributed by atoms with E-state index < -0.39 is 11.0 Å². The Morgan fingerprint density at radius 1 is 1.17 bits per heavy atom. The Kier molecular flexibility index (Phi) is 7.12. The monoisotopic (exact) mass is 490 g/mol. The Morgan fingerprint density at radius 3 is 2.44 bits per heavy atom. The van der Waals surface area contributed by atoms with Gasteiger partial charge in [-0.05, 0) is 52.5 Å². The minimum Gasteiger partial charge on any atom is -0.444 e. The van der Waals surface area contributed by atoms with Gasteiger partial charge in [0.2, 0.25) is 5.91 Å². The van der Waals surface area contributed by atoms with Gasteiger partial charge >= 0.3 is 6.09 Å². The maximum absolute atomic E-state index is 13.7. The molecule has 2 saturated heterocycles. The summed E-state index contributed by atoms with van der Waals surface area (Å²) >= 11 is 0. The molecule has 192 valence electrons. The third kappa shape index (κ3) is 4.97. The number of aromatic nitrogens is 2. The fourth-order valence-corrected chi connectivity index (χ4v) is 5.72. The molecular weight excluding hydrogens is 452 g/mol. The molecule has 0 N–H and O–H groups in total. The highest BCUT2D eigenvalue weighted by molar-refractivity contribution is 5.86. The summed E-state index contributed by atoms with van der Waals surface area (Å²) in [4.78, 5) is 30.9. The van der Waals surface area contributed by atoms with Crippen molar-refractivity contribution in [1.82, 2.24) is 19.6 Å². The van der Waals surface area contributed by atoms with Gasteiger partial charge in [0.15, 0.2) is 0 Å². The van der Waals surface area contributed by atoms with Crippen molar-refractivity contribution in [3.63, 3.8) is 0 Å². The van der Waals surface area contributed by atoms with Crippen molar-refractivity contribution in [2.45, 2.75) is 71.2 Å². The van der Waals surface area contributed by atoms with Crippen LogP contribution in [0, 0.1) is 12.3 Å². The molecule has 1 aromatic carbocycles. The van der Waals surface area contributed by atoms with Crippen molar-refractivity contribution >= 4 is 12.0 Å². The minimum atomic E-state index is -0.619. The second-order valence-corrected chi connectivity index (χ2v) is 11.0. The van der Waals surface area contributed by atoms with E-state index >= 15 is 0 Å². The van der Waals surface area contributed by atoms with E-state index in [9.17, 15) is 9.59 Å². The number of piperazine rings is 1. The molecule has 36 heavy (non-hydrogen) atoms. The number of allylic oxidation sites excluding steroid dienone is 2. The zero-order valence-electron chi connectivity index (χ0n) is 21.9. The average Bonchev–Trinajstić information content (AvgIpc) is 3.30. The van der Waals surface area contributed by atoms with Crippen LogP contribution in [-0.2, 0) is 16.1 Å². The number of carbonyl (C=O) groups excluding carboxylic acids is 2. The number of ether oxygens (including phenoxy) is 1. The fraction of sp³-hybridized carbons (Fsp3) is 0.483. The predicted molar refractivity (Wildman–Crippen MR) is 140 cm³/mol.